The smallest absolute Gasteiger partial charge is 0.128 e. The van der Waals surface area contributed by atoms with E-state index in [0.717, 1.165) is 47.9 Å². The maximum absolute atomic E-state index is 11.2. The fourth-order valence-electron chi connectivity index (χ4n) is 6.17. The molecule has 1 aliphatic rings. The molecule has 0 saturated heterocycles. The van der Waals surface area contributed by atoms with Gasteiger partial charge >= 0.3 is 0 Å². The van der Waals surface area contributed by atoms with Crippen LogP contribution in [0.3, 0.4) is 0 Å². The number of hydrogen-bond donors (Lipinski definition) is 4. The second-order valence-electron chi connectivity index (χ2n) is 18.6. The van der Waals surface area contributed by atoms with Gasteiger partial charge in [-0.2, -0.15) is 0 Å². The van der Waals surface area contributed by atoms with Gasteiger partial charge in [0.1, 0.15) is 23.0 Å². The normalized spacial score (nSPS) is 16.4. The first-order valence-electron chi connectivity index (χ1n) is 19.3. The van der Waals surface area contributed by atoms with E-state index in [9.17, 15) is 10.2 Å². The van der Waals surface area contributed by atoms with E-state index < -0.39 is 0 Å². The Morgan fingerprint density at radius 1 is 0.473 bits per heavy atom. The molecule has 1 aliphatic carbocycles. The fourth-order valence-corrected chi connectivity index (χ4v) is 6.17. The molecule has 1 saturated carbocycles. The summed E-state index contributed by atoms with van der Waals surface area (Å²) < 4.78 is 0. The Morgan fingerprint density at radius 2 is 0.782 bits per heavy atom. The monoisotopic (exact) mass is 824 g/mol. The van der Waals surface area contributed by atoms with Crippen molar-refractivity contribution in [3.8, 4) is 23.0 Å². The zero-order valence-corrected chi connectivity index (χ0v) is 37.9. The SMILES string of the molecule is CC(C)(C)c1cc(C=N[C@@H]2CCCC[C@H]2N=Cc2cc(C(C)(C)C)cc(C(C)(C)C)c2O)c(O)c(C(C)(C)C)c1.Oc1ccccc1.Oc1ccccc1.[Zr]. The van der Waals surface area contributed by atoms with Gasteiger partial charge in [-0.15, -0.1) is 0 Å². The van der Waals surface area contributed by atoms with Gasteiger partial charge in [0.05, 0.1) is 12.1 Å². The minimum atomic E-state index is -0.179. The van der Waals surface area contributed by atoms with Gasteiger partial charge in [0.15, 0.2) is 0 Å². The minimum Gasteiger partial charge on any atom is -0.508 e. The molecule has 4 aromatic carbocycles. The van der Waals surface area contributed by atoms with Crippen LogP contribution < -0.4 is 0 Å². The van der Waals surface area contributed by atoms with Gasteiger partial charge < -0.3 is 20.4 Å². The summed E-state index contributed by atoms with van der Waals surface area (Å²) in [5, 5.41) is 39.7. The molecule has 4 N–H and O–H groups in total. The van der Waals surface area contributed by atoms with Gasteiger partial charge in [-0.1, -0.05) is 144 Å². The summed E-state index contributed by atoms with van der Waals surface area (Å²) in [5.41, 5.74) is 5.39. The van der Waals surface area contributed by atoms with E-state index in [1.165, 1.54) is 11.1 Å². The molecule has 296 valence electrons. The molecular formula is C48H66N2O4Zr. The third-order valence-corrected chi connectivity index (χ3v) is 9.64. The quantitative estimate of drug-likeness (QED) is 0.154. The maximum atomic E-state index is 11.2. The molecule has 7 heteroatoms. The van der Waals surface area contributed by atoms with Crippen LogP contribution in [0.5, 0.6) is 23.0 Å². The Hall–Kier alpha value is -3.70. The molecule has 1 fully saturated rings. The van der Waals surface area contributed by atoms with E-state index in [0.29, 0.717) is 23.0 Å². The molecule has 2 atom stereocenters. The van der Waals surface area contributed by atoms with Crippen LogP contribution in [0.2, 0.25) is 0 Å². The molecule has 0 radical (unpaired) electrons. The van der Waals surface area contributed by atoms with Crippen molar-refractivity contribution in [1.82, 2.24) is 0 Å². The predicted octanol–water partition coefficient (Wildman–Crippen LogP) is 11.9. The number of phenols is 4. The maximum Gasteiger partial charge on any atom is 0.128 e. The summed E-state index contributed by atoms with van der Waals surface area (Å²) in [7, 11) is 0. The first-order valence-corrected chi connectivity index (χ1v) is 19.3. The minimum absolute atomic E-state index is 0. The van der Waals surface area contributed by atoms with E-state index >= 15 is 0 Å². The Balaban J connectivity index is 0.000000577. The number of para-hydroxylation sites is 2. The summed E-state index contributed by atoms with van der Waals surface area (Å²) >= 11 is 0. The molecule has 0 aromatic heterocycles. The van der Waals surface area contributed by atoms with Crippen LogP contribution in [0.4, 0.5) is 0 Å². The van der Waals surface area contributed by atoms with Gasteiger partial charge in [-0.25, -0.2) is 0 Å². The molecule has 0 unspecified atom stereocenters. The van der Waals surface area contributed by atoms with Crippen molar-refractivity contribution >= 4 is 12.4 Å². The fraction of sp³-hybridized carbons (Fsp3) is 0.458. The standard InChI is InChI=1S/C36H54N2O2.2C6H6O.Zr/c1-33(2,3)25-17-23(31(39)27(19-25)35(7,8)9)21-37-29-15-13-14-16-30(29)38-22-24-18-26(34(4,5)6)20-28(32(24)40)36(10,11)12;2*7-6-4-2-1-3-5-6;/h17-22,29-30,39-40H,13-16H2,1-12H3;2*1-5,7H;/t29-,30-;;;/m1.../s1. The first-order chi connectivity index (χ1) is 25.0. The Labute approximate surface area is 351 Å². The number of phenolic OH excluding ortho intramolecular Hbond substituents is 4. The van der Waals surface area contributed by atoms with Gasteiger partial charge in [0.25, 0.3) is 0 Å². The molecule has 55 heavy (non-hydrogen) atoms. The summed E-state index contributed by atoms with van der Waals surface area (Å²) in [5.74, 6) is 1.28. The van der Waals surface area contributed by atoms with E-state index in [2.05, 4.69) is 107 Å². The molecular weight excluding hydrogens is 760 g/mol. The molecule has 0 heterocycles. The Kier molecular flexibility index (Phi) is 17.2. The van der Waals surface area contributed by atoms with Crippen LogP contribution in [0.1, 0.15) is 142 Å². The van der Waals surface area contributed by atoms with Crippen LogP contribution in [0.25, 0.3) is 0 Å². The van der Waals surface area contributed by atoms with Crippen LogP contribution in [-0.2, 0) is 47.9 Å². The largest absolute Gasteiger partial charge is 0.508 e. The topological polar surface area (TPSA) is 106 Å². The number of hydrogen-bond acceptors (Lipinski definition) is 6. The predicted molar refractivity (Wildman–Crippen MR) is 228 cm³/mol. The van der Waals surface area contributed by atoms with Crippen molar-refractivity contribution < 1.29 is 46.6 Å². The number of benzene rings is 4. The third kappa shape index (κ3) is 14.7. The molecule has 0 amide bonds. The van der Waals surface area contributed by atoms with E-state index in [1.54, 1.807) is 48.5 Å². The van der Waals surface area contributed by atoms with Crippen LogP contribution >= 0.6 is 0 Å². The van der Waals surface area contributed by atoms with Crippen LogP contribution in [-0.4, -0.2) is 44.9 Å². The number of rotatable bonds is 4. The van der Waals surface area contributed by atoms with Crippen molar-refractivity contribution in [2.24, 2.45) is 9.98 Å². The van der Waals surface area contributed by atoms with Gasteiger partial charge in [0, 0.05) is 60.9 Å². The van der Waals surface area contributed by atoms with Crippen molar-refractivity contribution in [2.75, 3.05) is 0 Å². The zero-order chi connectivity index (χ0) is 40.5. The summed E-state index contributed by atoms with van der Waals surface area (Å²) in [6.07, 6.45) is 7.90. The summed E-state index contributed by atoms with van der Waals surface area (Å²) in [4.78, 5) is 10.1. The second kappa shape index (κ2) is 19.9. The zero-order valence-electron chi connectivity index (χ0n) is 35.4. The second-order valence-corrected chi connectivity index (χ2v) is 18.6. The molecule has 6 nitrogen and oxygen atoms in total. The van der Waals surface area contributed by atoms with Gasteiger partial charge in [-0.05, 0) is 82.0 Å². The van der Waals surface area contributed by atoms with Crippen molar-refractivity contribution in [3.05, 3.63) is 118 Å². The molecule has 0 spiro atoms. The average Bonchev–Trinajstić information content (AvgIpc) is 3.07. The van der Waals surface area contributed by atoms with Crippen molar-refractivity contribution in [1.29, 1.82) is 0 Å². The number of aromatic hydroxyl groups is 4. The van der Waals surface area contributed by atoms with Crippen LogP contribution in [0, 0.1) is 0 Å². The summed E-state index contributed by atoms with van der Waals surface area (Å²) in [6.45, 7) is 26.0. The van der Waals surface area contributed by atoms with Crippen LogP contribution in [0.15, 0.2) is 94.9 Å². The third-order valence-electron chi connectivity index (χ3n) is 9.64. The first kappa shape index (κ1) is 47.5. The molecule has 5 rings (SSSR count). The van der Waals surface area contributed by atoms with E-state index in [-0.39, 0.29) is 59.9 Å². The van der Waals surface area contributed by atoms with Gasteiger partial charge in [-0.3, -0.25) is 9.98 Å². The average molecular weight is 826 g/mol. The molecule has 0 bridgehead atoms. The Morgan fingerprint density at radius 3 is 1.02 bits per heavy atom. The van der Waals surface area contributed by atoms with E-state index in [4.69, 9.17) is 20.2 Å². The van der Waals surface area contributed by atoms with Crippen molar-refractivity contribution in [2.45, 2.75) is 143 Å². The Bertz CT molecular complexity index is 1710. The number of nitrogens with zero attached hydrogens (tertiary/aromatic N) is 2. The van der Waals surface area contributed by atoms with E-state index in [1.807, 2.05) is 24.6 Å². The van der Waals surface area contributed by atoms with Crippen molar-refractivity contribution in [3.63, 3.8) is 0 Å². The molecule has 0 aliphatic heterocycles. The summed E-state index contributed by atoms with van der Waals surface area (Å²) in [6, 6.07) is 26.0. The number of aliphatic imine (C=N–C) groups is 2. The van der Waals surface area contributed by atoms with Gasteiger partial charge in [0.2, 0.25) is 0 Å². The molecule has 4 aromatic rings.